The minimum absolute atomic E-state index is 0.837. The quantitative estimate of drug-likeness (QED) is 0.563. The molecule has 0 fully saturated rings. The zero-order chi connectivity index (χ0) is 11.5. The molecular formula is C13H30N2. The molecule has 2 heteroatoms. The van der Waals surface area contributed by atoms with Gasteiger partial charge in [0.05, 0.1) is 0 Å². The lowest BCUT2D eigenvalue weighted by Gasteiger charge is -2.18. The van der Waals surface area contributed by atoms with Crippen LogP contribution in [0.25, 0.3) is 0 Å². The topological polar surface area (TPSA) is 15.3 Å². The van der Waals surface area contributed by atoms with Crippen molar-refractivity contribution >= 4 is 0 Å². The summed E-state index contributed by atoms with van der Waals surface area (Å²) in [6.45, 7) is 15.0. The van der Waals surface area contributed by atoms with Gasteiger partial charge in [0.2, 0.25) is 0 Å². The molecule has 1 atom stereocenters. The van der Waals surface area contributed by atoms with E-state index in [-0.39, 0.29) is 0 Å². The highest BCUT2D eigenvalue weighted by atomic mass is 15.1. The molecule has 0 radical (unpaired) electrons. The maximum atomic E-state index is 3.55. The van der Waals surface area contributed by atoms with E-state index in [1.54, 1.807) is 0 Å². The standard InChI is InChI=1S/C13H30N2/c1-5-9-13(4)12-14-10-8-11-15(6-2)7-3/h13-14H,5-12H2,1-4H3. The van der Waals surface area contributed by atoms with Crippen LogP contribution in [0.15, 0.2) is 0 Å². The molecule has 1 unspecified atom stereocenters. The zero-order valence-corrected chi connectivity index (χ0v) is 11.2. The third kappa shape index (κ3) is 8.88. The van der Waals surface area contributed by atoms with Crippen LogP contribution >= 0.6 is 0 Å². The Morgan fingerprint density at radius 3 is 2.33 bits per heavy atom. The van der Waals surface area contributed by atoms with Crippen molar-refractivity contribution in [3.63, 3.8) is 0 Å². The summed E-state index contributed by atoms with van der Waals surface area (Å²) < 4.78 is 0. The van der Waals surface area contributed by atoms with Crippen LogP contribution in [-0.4, -0.2) is 37.6 Å². The molecule has 92 valence electrons. The van der Waals surface area contributed by atoms with Crippen LogP contribution in [0.5, 0.6) is 0 Å². The molecule has 0 saturated carbocycles. The number of hydrogen-bond donors (Lipinski definition) is 1. The van der Waals surface area contributed by atoms with E-state index >= 15 is 0 Å². The van der Waals surface area contributed by atoms with Crippen molar-refractivity contribution in [3.8, 4) is 0 Å². The largest absolute Gasteiger partial charge is 0.316 e. The van der Waals surface area contributed by atoms with Gasteiger partial charge in [-0.3, -0.25) is 0 Å². The van der Waals surface area contributed by atoms with Gasteiger partial charge in [-0.2, -0.15) is 0 Å². The Morgan fingerprint density at radius 1 is 1.13 bits per heavy atom. The van der Waals surface area contributed by atoms with E-state index in [1.807, 2.05) is 0 Å². The summed E-state index contributed by atoms with van der Waals surface area (Å²) in [6, 6.07) is 0. The van der Waals surface area contributed by atoms with E-state index < -0.39 is 0 Å². The van der Waals surface area contributed by atoms with Crippen LogP contribution in [0.4, 0.5) is 0 Å². The highest BCUT2D eigenvalue weighted by Gasteiger charge is 2.00. The number of nitrogens with zero attached hydrogens (tertiary/aromatic N) is 1. The van der Waals surface area contributed by atoms with E-state index in [0.29, 0.717) is 0 Å². The van der Waals surface area contributed by atoms with Crippen LogP contribution in [-0.2, 0) is 0 Å². The molecule has 0 aromatic heterocycles. The first-order chi connectivity index (χ1) is 7.24. The SMILES string of the molecule is CCCC(C)CNCCCN(CC)CC. The van der Waals surface area contributed by atoms with Gasteiger partial charge in [0.15, 0.2) is 0 Å². The second kappa shape index (κ2) is 10.4. The van der Waals surface area contributed by atoms with Gasteiger partial charge in [0.25, 0.3) is 0 Å². The minimum Gasteiger partial charge on any atom is -0.316 e. The smallest absolute Gasteiger partial charge is 0.000687 e. The molecule has 0 aliphatic rings. The first kappa shape index (κ1) is 14.9. The monoisotopic (exact) mass is 214 g/mol. The molecule has 0 rings (SSSR count). The van der Waals surface area contributed by atoms with E-state index in [2.05, 4.69) is 37.9 Å². The summed E-state index contributed by atoms with van der Waals surface area (Å²) in [6.07, 6.45) is 3.94. The molecule has 0 heterocycles. The molecule has 0 spiro atoms. The molecule has 0 aromatic rings. The summed E-state index contributed by atoms with van der Waals surface area (Å²) >= 11 is 0. The average molecular weight is 214 g/mol. The van der Waals surface area contributed by atoms with Crippen molar-refractivity contribution in [2.75, 3.05) is 32.7 Å². The third-order valence-electron chi connectivity index (χ3n) is 3.00. The highest BCUT2D eigenvalue weighted by Crippen LogP contribution is 2.02. The van der Waals surface area contributed by atoms with E-state index in [4.69, 9.17) is 0 Å². The van der Waals surface area contributed by atoms with Crippen molar-refractivity contribution in [1.82, 2.24) is 10.2 Å². The van der Waals surface area contributed by atoms with Crippen molar-refractivity contribution in [2.24, 2.45) is 5.92 Å². The summed E-state index contributed by atoms with van der Waals surface area (Å²) in [5.41, 5.74) is 0. The second-order valence-corrected chi connectivity index (χ2v) is 4.48. The molecule has 0 aliphatic heterocycles. The van der Waals surface area contributed by atoms with E-state index in [1.165, 1.54) is 52.0 Å². The molecule has 2 nitrogen and oxygen atoms in total. The number of nitrogens with one attached hydrogen (secondary N) is 1. The number of rotatable bonds is 10. The Kier molecular flexibility index (Phi) is 10.4. The fraction of sp³-hybridized carbons (Fsp3) is 1.00. The number of hydrogen-bond acceptors (Lipinski definition) is 2. The van der Waals surface area contributed by atoms with Crippen LogP contribution in [0.2, 0.25) is 0 Å². The van der Waals surface area contributed by atoms with Gasteiger partial charge in [-0.1, -0.05) is 34.1 Å². The van der Waals surface area contributed by atoms with Gasteiger partial charge in [0, 0.05) is 0 Å². The zero-order valence-electron chi connectivity index (χ0n) is 11.2. The van der Waals surface area contributed by atoms with Crippen LogP contribution < -0.4 is 5.32 Å². The fourth-order valence-corrected chi connectivity index (χ4v) is 1.91. The maximum Gasteiger partial charge on any atom is -0.000687 e. The van der Waals surface area contributed by atoms with Gasteiger partial charge in [0.1, 0.15) is 0 Å². The van der Waals surface area contributed by atoms with Crippen molar-refractivity contribution in [1.29, 1.82) is 0 Å². The molecule has 0 saturated heterocycles. The first-order valence-electron chi connectivity index (χ1n) is 6.67. The first-order valence-corrected chi connectivity index (χ1v) is 6.67. The Hall–Kier alpha value is -0.0800. The average Bonchev–Trinajstić information content (AvgIpc) is 2.24. The Morgan fingerprint density at radius 2 is 1.80 bits per heavy atom. The molecule has 0 aliphatic carbocycles. The summed E-state index contributed by atoms with van der Waals surface area (Å²) in [5.74, 6) is 0.837. The van der Waals surface area contributed by atoms with Gasteiger partial charge in [-0.05, 0) is 51.5 Å². The maximum absolute atomic E-state index is 3.55. The highest BCUT2D eigenvalue weighted by molar-refractivity contribution is 4.58. The van der Waals surface area contributed by atoms with Crippen molar-refractivity contribution in [2.45, 2.75) is 47.0 Å². The Labute approximate surface area is 96.4 Å². The van der Waals surface area contributed by atoms with Gasteiger partial charge >= 0.3 is 0 Å². The molecule has 1 N–H and O–H groups in total. The molecule has 0 amide bonds. The Balaban J connectivity index is 3.23. The van der Waals surface area contributed by atoms with Crippen LogP contribution in [0.3, 0.4) is 0 Å². The second-order valence-electron chi connectivity index (χ2n) is 4.48. The van der Waals surface area contributed by atoms with Gasteiger partial charge < -0.3 is 10.2 Å². The van der Waals surface area contributed by atoms with Gasteiger partial charge in [-0.15, -0.1) is 0 Å². The fourth-order valence-electron chi connectivity index (χ4n) is 1.91. The summed E-state index contributed by atoms with van der Waals surface area (Å²) in [4.78, 5) is 2.48. The third-order valence-corrected chi connectivity index (χ3v) is 3.00. The van der Waals surface area contributed by atoms with Crippen molar-refractivity contribution in [3.05, 3.63) is 0 Å². The van der Waals surface area contributed by atoms with Crippen LogP contribution in [0.1, 0.15) is 47.0 Å². The van der Waals surface area contributed by atoms with E-state index in [9.17, 15) is 0 Å². The summed E-state index contributed by atoms with van der Waals surface area (Å²) in [7, 11) is 0. The van der Waals surface area contributed by atoms with Crippen LogP contribution in [0, 0.1) is 5.92 Å². The molecular weight excluding hydrogens is 184 g/mol. The lowest BCUT2D eigenvalue weighted by Crippen LogP contribution is -2.28. The van der Waals surface area contributed by atoms with Crippen molar-refractivity contribution < 1.29 is 0 Å². The van der Waals surface area contributed by atoms with Gasteiger partial charge in [-0.25, -0.2) is 0 Å². The minimum atomic E-state index is 0.837. The molecule has 15 heavy (non-hydrogen) atoms. The Bertz CT molecular complexity index is 122. The lowest BCUT2D eigenvalue weighted by atomic mass is 10.1. The molecule has 0 bridgehead atoms. The predicted molar refractivity (Wildman–Crippen MR) is 69.3 cm³/mol. The predicted octanol–water partition coefficient (Wildman–Crippen LogP) is 2.74. The lowest BCUT2D eigenvalue weighted by molar-refractivity contribution is 0.296. The summed E-state index contributed by atoms with van der Waals surface area (Å²) in [5, 5.41) is 3.55. The normalized spacial score (nSPS) is 13.4. The molecule has 0 aromatic carbocycles. The van der Waals surface area contributed by atoms with E-state index in [0.717, 1.165) is 5.92 Å².